The molecular weight excluding hydrogens is 238 g/mol. The number of rotatable bonds is 3. The van der Waals surface area contributed by atoms with Gasteiger partial charge in [-0.3, -0.25) is 0 Å². The number of nitrogens with zero attached hydrogens (tertiary/aromatic N) is 1. The maximum atomic E-state index is 12.2. The highest BCUT2D eigenvalue weighted by Crippen LogP contribution is 2.13. The van der Waals surface area contributed by atoms with Crippen LogP contribution in [0.5, 0.6) is 0 Å². The molecule has 0 spiro atoms. The van der Waals surface area contributed by atoms with E-state index in [9.17, 15) is 8.42 Å². The van der Waals surface area contributed by atoms with Gasteiger partial charge in [-0.25, -0.2) is 0 Å². The fourth-order valence-electron chi connectivity index (χ4n) is 2.49. The summed E-state index contributed by atoms with van der Waals surface area (Å²) in [6.07, 6.45) is 7.33. The van der Waals surface area contributed by atoms with Crippen LogP contribution in [0, 0.1) is 0 Å². The Bertz CT molecular complexity index is 318. The first-order valence-corrected chi connectivity index (χ1v) is 8.13. The summed E-state index contributed by atoms with van der Waals surface area (Å²) in [6, 6.07) is 0. The van der Waals surface area contributed by atoms with Gasteiger partial charge in [0.05, 0.1) is 6.17 Å². The number of hydrogen-bond acceptors (Lipinski definition) is 3. The molecule has 2 rings (SSSR count). The molecule has 2 aliphatic rings. The summed E-state index contributed by atoms with van der Waals surface area (Å²) in [4.78, 5) is 0. The van der Waals surface area contributed by atoms with E-state index in [0.717, 1.165) is 51.5 Å². The Morgan fingerprint density at radius 1 is 1.00 bits per heavy atom. The first-order valence-electron chi connectivity index (χ1n) is 6.69. The summed E-state index contributed by atoms with van der Waals surface area (Å²) < 4.78 is 28.7. The summed E-state index contributed by atoms with van der Waals surface area (Å²) in [5.74, 6) is 0. The predicted octanol–water partition coefficient (Wildman–Crippen LogP) is 0.796. The zero-order valence-corrected chi connectivity index (χ0v) is 11.1. The second-order valence-corrected chi connectivity index (χ2v) is 6.64. The second-order valence-electron chi connectivity index (χ2n) is 4.94. The minimum atomic E-state index is -3.29. The Hall–Kier alpha value is -0.170. The first-order chi connectivity index (χ1) is 8.18. The minimum Gasteiger partial charge on any atom is -0.301 e. The molecule has 2 heterocycles. The van der Waals surface area contributed by atoms with Crippen molar-refractivity contribution in [1.29, 1.82) is 0 Å². The monoisotopic (exact) mass is 261 g/mol. The van der Waals surface area contributed by atoms with E-state index in [0.29, 0.717) is 13.1 Å². The normalized spacial score (nSPS) is 28.8. The van der Waals surface area contributed by atoms with E-state index in [1.807, 2.05) is 0 Å². The molecule has 2 aliphatic heterocycles. The molecule has 2 N–H and O–H groups in total. The Balaban J connectivity index is 1.91. The van der Waals surface area contributed by atoms with Crippen molar-refractivity contribution in [2.75, 3.05) is 19.6 Å². The van der Waals surface area contributed by atoms with Gasteiger partial charge >= 0.3 is 0 Å². The van der Waals surface area contributed by atoms with Gasteiger partial charge < -0.3 is 5.32 Å². The van der Waals surface area contributed by atoms with E-state index in [2.05, 4.69) is 10.0 Å². The van der Waals surface area contributed by atoms with Gasteiger partial charge in [0.25, 0.3) is 10.2 Å². The average Bonchev–Trinajstić information content (AvgIpc) is 2.58. The first kappa shape index (κ1) is 13.3. The van der Waals surface area contributed by atoms with E-state index < -0.39 is 10.2 Å². The molecule has 0 aromatic rings. The van der Waals surface area contributed by atoms with Crippen LogP contribution >= 0.6 is 0 Å². The summed E-state index contributed by atoms with van der Waals surface area (Å²) >= 11 is 0. The lowest BCUT2D eigenvalue weighted by molar-refractivity contribution is 0.357. The van der Waals surface area contributed by atoms with Gasteiger partial charge in [0.15, 0.2) is 0 Å². The third kappa shape index (κ3) is 3.91. The number of hydrogen-bond donors (Lipinski definition) is 2. The number of nitrogens with one attached hydrogen (secondary N) is 2. The molecule has 0 radical (unpaired) electrons. The van der Waals surface area contributed by atoms with Gasteiger partial charge in [0.2, 0.25) is 0 Å². The molecule has 6 heteroatoms. The van der Waals surface area contributed by atoms with E-state index in [-0.39, 0.29) is 6.17 Å². The quantitative estimate of drug-likeness (QED) is 0.790. The van der Waals surface area contributed by atoms with Crippen molar-refractivity contribution in [3.8, 4) is 0 Å². The SMILES string of the molecule is O=S(=O)(NC1CCCCN1)N1CCCCCC1. The Morgan fingerprint density at radius 2 is 1.71 bits per heavy atom. The molecule has 17 heavy (non-hydrogen) atoms. The minimum absolute atomic E-state index is 0.0722. The predicted molar refractivity (Wildman–Crippen MR) is 67.7 cm³/mol. The zero-order chi connectivity index (χ0) is 12.1. The summed E-state index contributed by atoms with van der Waals surface area (Å²) in [5, 5.41) is 3.21. The van der Waals surface area contributed by atoms with Gasteiger partial charge in [-0.05, 0) is 38.6 Å². The maximum absolute atomic E-state index is 12.2. The molecule has 5 nitrogen and oxygen atoms in total. The van der Waals surface area contributed by atoms with Crippen LogP contribution in [0.4, 0.5) is 0 Å². The molecule has 0 aliphatic carbocycles. The van der Waals surface area contributed by atoms with Gasteiger partial charge in [-0.1, -0.05) is 12.8 Å². The standard InChI is InChI=1S/C11H23N3O2S/c15-17(16,13-11-7-3-4-8-12-11)14-9-5-1-2-6-10-14/h11-13H,1-10H2. The topological polar surface area (TPSA) is 61.4 Å². The van der Waals surface area contributed by atoms with E-state index in [1.54, 1.807) is 4.31 Å². The molecule has 0 amide bonds. The van der Waals surface area contributed by atoms with Crippen LogP contribution in [-0.4, -0.2) is 38.5 Å². The van der Waals surface area contributed by atoms with E-state index in [4.69, 9.17) is 0 Å². The Kier molecular flexibility index (Phi) is 4.78. The van der Waals surface area contributed by atoms with E-state index in [1.165, 1.54) is 0 Å². The van der Waals surface area contributed by atoms with Crippen LogP contribution in [0.3, 0.4) is 0 Å². The van der Waals surface area contributed by atoms with Crippen molar-refractivity contribution in [1.82, 2.24) is 14.3 Å². The van der Waals surface area contributed by atoms with Crippen molar-refractivity contribution in [3.05, 3.63) is 0 Å². The van der Waals surface area contributed by atoms with Crippen LogP contribution in [-0.2, 0) is 10.2 Å². The summed E-state index contributed by atoms with van der Waals surface area (Å²) in [5.41, 5.74) is 0. The van der Waals surface area contributed by atoms with Gasteiger partial charge in [-0.15, -0.1) is 0 Å². The molecule has 0 saturated carbocycles. The summed E-state index contributed by atoms with van der Waals surface area (Å²) in [6.45, 7) is 2.25. The lowest BCUT2D eigenvalue weighted by Crippen LogP contribution is -2.52. The average molecular weight is 261 g/mol. The van der Waals surface area contributed by atoms with Crippen molar-refractivity contribution < 1.29 is 8.42 Å². The third-order valence-corrected chi connectivity index (χ3v) is 5.13. The summed E-state index contributed by atoms with van der Waals surface area (Å²) in [7, 11) is -3.29. The molecule has 1 unspecified atom stereocenters. The molecule has 0 bridgehead atoms. The van der Waals surface area contributed by atoms with Gasteiger partial charge in [-0.2, -0.15) is 17.4 Å². The molecule has 2 saturated heterocycles. The highest BCUT2D eigenvalue weighted by Gasteiger charge is 2.26. The van der Waals surface area contributed by atoms with Crippen LogP contribution < -0.4 is 10.0 Å². The molecule has 100 valence electrons. The van der Waals surface area contributed by atoms with E-state index >= 15 is 0 Å². The molecule has 0 aromatic heterocycles. The molecular formula is C11H23N3O2S. The van der Waals surface area contributed by atoms with Crippen LogP contribution in [0.25, 0.3) is 0 Å². The second kappa shape index (κ2) is 6.13. The molecule has 1 atom stereocenters. The lowest BCUT2D eigenvalue weighted by Gasteiger charge is -2.28. The highest BCUT2D eigenvalue weighted by atomic mass is 32.2. The largest absolute Gasteiger partial charge is 0.301 e. The third-order valence-electron chi connectivity index (χ3n) is 3.51. The fraction of sp³-hybridized carbons (Fsp3) is 1.00. The van der Waals surface area contributed by atoms with Crippen LogP contribution in [0.1, 0.15) is 44.9 Å². The van der Waals surface area contributed by atoms with Crippen LogP contribution in [0.2, 0.25) is 0 Å². The van der Waals surface area contributed by atoms with Crippen molar-refractivity contribution >= 4 is 10.2 Å². The van der Waals surface area contributed by atoms with Gasteiger partial charge in [0.1, 0.15) is 0 Å². The molecule has 0 aromatic carbocycles. The Morgan fingerprint density at radius 3 is 2.29 bits per heavy atom. The van der Waals surface area contributed by atoms with Gasteiger partial charge in [0, 0.05) is 13.1 Å². The maximum Gasteiger partial charge on any atom is 0.280 e. The van der Waals surface area contributed by atoms with Crippen LogP contribution in [0.15, 0.2) is 0 Å². The molecule has 2 fully saturated rings. The lowest BCUT2D eigenvalue weighted by atomic mass is 10.1. The highest BCUT2D eigenvalue weighted by molar-refractivity contribution is 7.87. The van der Waals surface area contributed by atoms with Crippen molar-refractivity contribution in [2.45, 2.75) is 51.1 Å². The fourth-order valence-corrected chi connectivity index (χ4v) is 3.94. The van der Waals surface area contributed by atoms with Crippen molar-refractivity contribution in [2.24, 2.45) is 0 Å². The van der Waals surface area contributed by atoms with Crippen molar-refractivity contribution in [3.63, 3.8) is 0 Å². The smallest absolute Gasteiger partial charge is 0.280 e. The zero-order valence-electron chi connectivity index (χ0n) is 10.3. The Labute approximate surface area is 104 Å². The number of piperidine rings is 1.